The highest BCUT2D eigenvalue weighted by Gasteiger charge is 2.24. The summed E-state index contributed by atoms with van der Waals surface area (Å²) in [5.41, 5.74) is 2.41. The Kier molecular flexibility index (Phi) is 5.20. The van der Waals surface area contributed by atoms with E-state index in [-0.39, 0.29) is 5.97 Å². The summed E-state index contributed by atoms with van der Waals surface area (Å²) in [7, 11) is 1.40. The Morgan fingerprint density at radius 3 is 2.57 bits per heavy atom. The van der Waals surface area contributed by atoms with E-state index < -0.39 is 6.09 Å². The Balaban J connectivity index is 2.03. The monoisotopic (exact) mass is 291 g/mol. The van der Waals surface area contributed by atoms with Gasteiger partial charge >= 0.3 is 12.1 Å². The Morgan fingerprint density at radius 1 is 1.29 bits per heavy atom. The lowest BCUT2D eigenvalue weighted by atomic mass is 9.85. The molecule has 0 radical (unpaired) electrons. The molecule has 5 heteroatoms. The van der Waals surface area contributed by atoms with Gasteiger partial charge in [0, 0.05) is 19.5 Å². The van der Waals surface area contributed by atoms with Crippen molar-refractivity contribution in [1.29, 1.82) is 0 Å². The van der Waals surface area contributed by atoms with Crippen LogP contribution in [-0.4, -0.2) is 42.3 Å². The van der Waals surface area contributed by atoms with Crippen LogP contribution in [-0.2, 0) is 16.0 Å². The molecule has 2 rings (SSSR count). The highest BCUT2D eigenvalue weighted by molar-refractivity contribution is 5.69. The Bertz CT molecular complexity index is 507. The van der Waals surface area contributed by atoms with Crippen LogP contribution in [0.1, 0.15) is 36.3 Å². The molecule has 0 aliphatic carbocycles. The Labute approximate surface area is 124 Å². The first-order chi connectivity index (χ1) is 10.1. The Hall–Kier alpha value is -2.04. The molecular formula is C16H21NO4. The van der Waals surface area contributed by atoms with Crippen molar-refractivity contribution in [2.24, 2.45) is 0 Å². The average Bonchev–Trinajstić information content (AvgIpc) is 2.53. The standard InChI is InChI=1S/C16H21NO4/c1-21-15(18)7-6-12-4-2-3-5-14(12)13-8-10-17(11-9-13)16(19)20/h2-5,13H,6-11H2,1H3,(H,19,20). The van der Waals surface area contributed by atoms with E-state index >= 15 is 0 Å². The van der Waals surface area contributed by atoms with Crippen molar-refractivity contribution in [3.05, 3.63) is 35.4 Å². The second-order valence-electron chi connectivity index (χ2n) is 5.32. The SMILES string of the molecule is COC(=O)CCc1ccccc1C1CCN(C(=O)O)CC1. The molecule has 1 heterocycles. The number of ether oxygens (including phenoxy) is 1. The number of methoxy groups -OCH3 is 1. The number of nitrogens with zero attached hydrogens (tertiary/aromatic N) is 1. The molecule has 5 nitrogen and oxygen atoms in total. The van der Waals surface area contributed by atoms with E-state index in [0.717, 1.165) is 18.4 Å². The van der Waals surface area contributed by atoms with Gasteiger partial charge in [-0.1, -0.05) is 24.3 Å². The predicted molar refractivity (Wildman–Crippen MR) is 78.4 cm³/mol. The largest absolute Gasteiger partial charge is 0.469 e. The van der Waals surface area contributed by atoms with Crippen LogP contribution in [0.2, 0.25) is 0 Å². The summed E-state index contributed by atoms with van der Waals surface area (Å²) >= 11 is 0. The van der Waals surface area contributed by atoms with Crippen molar-refractivity contribution in [1.82, 2.24) is 4.90 Å². The number of carboxylic acid groups (broad SMARTS) is 1. The number of amides is 1. The van der Waals surface area contributed by atoms with Gasteiger partial charge in [0.15, 0.2) is 0 Å². The third-order valence-corrected chi connectivity index (χ3v) is 4.09. The molecule has 1 aliphatic heterocycles. The number of likely N-dealkylation sites (tertiary alicyclic amines) is 1. The molecule has 1 amide bonds. The molecule has 0 spiro atoms. The third-order valence-electron chi connectivity index (χ3n) is 4.09. The number of carbonyl (C=O) groups excluding carboxylic acids is 1. The molecule has 1 saturated heterocycles. The predicted octanol–water partition coefficient (Wildman–Crippen LogP) is 2.65. The number of benzene rings is 1. The number of aryl methyl sites for hydroxylation is 1. The first kappa shape index (κ1) is 15.4. The van der Waals surface area contributed by atoms with E-state index in [1.165, 1.54) is 17.6 Å². The van der Waals surface area contributed by atoms with Gasteiger partial charge in [-0.3, -0.25) is 4.79 Å². The zero-order valence-corrected chi connectivity index (χ0v) is 12.2. The fourth-order valence-electron chi connectivity index (χ4n) is 2.88. The topological polar surface area (TPSA) is 66.8 Å². The van der Waals surface area contributed by atoms with Crippen LogP contribution in [0.4, 0.5) is 4.79 Å². The van der Waals surface area contributed by atoms with Gasteiger partial charge in [-0.15, -0.1) is 0 Å². The van der Waals surface area contributed by atoms with Crippen LogP contribution in [0.5, 0.6) is 0 Å². The average molecular weight is 291 g/mol. The van der Waals surface area contributed by atoms with E-state index in [1.54, 1.807) is 0 Å². The molecule has 1 aliphatic rings. The van der Waals surface area contributed by atoms with Crippen molar-refractivity contribution < 1.29 is 19.4 Å². The summed E-state index contributed by atoms with van der Waals surface area (Å²) < 4.78 is 4.69. The van der Waals surface area contributed by atoms with Crippen molar-refractivity contribution in [2.75, 3.05) is 20.2 Å². The van der Waals surface area contributed by atoms with Gasteiger partial charge in [0.05, 0.1) is 7.11 Å². The van der Waals surface area contributed by atoms with Gasteiger partial charge in [-0.2, -0.15) is 0 Å². The van der Waals surface area contributed by atoms with Gasteiger partial charge < -0.3 is 14.7 Å². The van der Waals surface area contributed by atoms with Crippen LogP contribution in [0.15, 0.2) is 24.3 Å². The minimum absolute atomic E-state index is 0.203. The molecule has 21 heavy (non-hydrogen) atoms. The van der Waals surface area contributed by atoms with E-state index in [2.05, 4.69) is 10.8 Å². The van der Waals surface area contributed by atoms with E-state index in [0.29, 0.717) is 31.8 Å². The quantitative estimate of drug-likeness (QED) is 0.866. The van der Waals surface area contributed by atoms with Crippen LogP contribution >= 0.6 is 0 Å². The zero-order valence-electron chi connectivity index (χ0n) is 12.2. The van der Waals surface area contributed by atoms with Crippen LogP contribution in [0.3, 0.4) is 0 Å². The second-order valence-corrected chi connectivity index (χ2v) is 5.32. The molecular weight excluding hydrogens is 270 g/mol. The first-order valence-corrected chi connectivity index (χ1v) is 7.24. The normalized spacial score (nSPS) is 15.8. The van der Waals surface area contributed by atoms with Crippen molar-refractivity contribution in [3.8, 4) is 0 Å². The highest BCUT2D eigenvalue weighted by Crippen LogP contribution is 2.31. The molecule has 0 unspecified atom stereocenters. The lowest BCUT2D eigenvalue weighted by Crippen LogP contribution is -2.37. The van der Waals surface area contributed by atoms with Crippen molar-refractivity contribution in [2.45, 2.75) is 31.6 Å². The van der Waals surface area contributed by atoms with Gasteiger partial charge in [-0.25, -0.2) is 4.79 Å². The highest BCUT2D eigenvalue weighted by atomic mass is 16.5. The number of rotatable bonds is 4. The van der Waals surface area contributed by atoms with E-state index in [1.807, 2.05) is 18.2 Å². The summed E-state index contributed by atoms with van der Waals surface area (Å²) in [5.74, 6) is 0.167. The maximum Gasteiger partial charge on any atom is 0.407 e. The number of hydrogen-bond donors (Lipinski definition) is 1. The first-order valence-electron chi connectivity index (χ1n) is 7.24. The minimum Gasteiger partial charge on any atom is -0.469 e. The molecule has 0 atom stereocenters. The number of carbonyl (C=O) groups is 2. The lowest BCUT2D eigenvalue weighted by Gasteiger charge is -2.31. The van der Waals surface area contributed by atoms with Gasteiger partial charge in [0.25, 0.3) is 0 Å². The van der Waals surface area contributed by atoms with Crippen molar-refractivity contribution in [3.63, 3.8) is 0 Å². The fraction of sp³-hybridized carbons (Fsp3) is 0.500. The Morgan fingerprint density at radius 2 is 1.95 bits per heavy atom. The molecule has 1 aromatic rings. The van der Waals surface area contributed by atoms with Crippen LogP contribution in [0.25, 0.3) is 0 Å². The number of esters is 1. The minimum atomic E-state index is -0.840. The number of hydrogen-bond acceptors (Lipinski definition) is 3. The van der Waals surface area contributed by atoms with E-state index in [4.69, 9.17) is 5.11 Å². The molecule has 0 aromatic heterocycles. The van der Waals surface area contributed by atoms with Crippen molar-refractivity contribution >= 4 is 12.1 Å². The zero-order chi connectivity index (χ0) is 15.2. The van der Waals surface area contributed by atoms with Gasteiger partial charge in [0.1, 0.15) is 0 Å². The molecule has 0 saturated carbocycles. The van der Waals surface area contributed by atoms with Crippen LogP contribution < -0.4 is 0 Å². The van der Waals surface area contributed by atoms with Crippen LogP contribution in [0, 0.1) is 0 Å². The summed E-state index contributed by atoms with van der Waals surface area (Å²) in [6, 6.07) is 8.11. The third kappa shape index (κ3) is 3.97. The van der Waals surface area contributed by atoms with Gasteiger partial charge in [0.2, 0.25) is 0 Å². The maximum atomic E-state index is 11.3. The van der Waals surface area contributed by atoms with E-state index in [9.17, 15) is 9.59 Å². The summed E-state index contributed by atoms with van der Waals surface area (Å²) in [5, 5.41) is 9.00. The number of piperidine rings is 1. The second kappa shape index (κ2) is 7.11. The summed E-state index contributed by atoms with van der Waals surface area (Å²) in [6.45, 7) is 1.15. The van der Waals surface area contributed by atoms with Gasteiger partial charge in [-0.05, 0) is 36.3 Å². The smallest absolute Gasteiger partial charge is 0.407 e. The molecule has 114 valence electrons. The molecule has 1 N–H and O–H groups in total. The summed E-state index contributed by atoms with van der Waals surface area (Å²) in [4.78, 5) is 23.7. The molecule has 1 fully saturated rings. The maximum absolute atomic E-state index is 11.3. The summed E-state index contributed by atoms with van der Waals surface area (Å²) in [6.07, 6.45) is 1.87. The molecule has 1 aromatic carbocycles. The molecule has 0 bridgehead atoms. The fourth-order valence-corrected chi connectivity index (χ4v) is 2.88. The lowest BCUT2D eigenvalue weighted by molar-refractivity contribution is -0.140.